The molecule has 1 heterocycles. The molecule has 0 atom stereocenters. The number of thiazole rings is 1. The molecule has 0 aliphatic carbocycles. The van der Waals surface area contributed by atoms with Crippen molar-refractivity contribution < 1.29 is 4.79 Å². The van der Waals surface area contributed by atoms with Crippen molar-refractivity contribution in [2.24, 2.45) is 0 Å². The predicted octanol–water partition coefficient (Wildman–Crippen LogP) is 3.77. The van der Waals surface area contributed by atoms with E-state index in [1.165, 1.54) is 5.39 Å². The first-order chi connectivity index (χ1) is 10.6. The minimum Gasteiger partial charge on any atom is -0.351 e. The lowest BCUT2D eigenvalue weighted by Gasteiger charge is -2.07. The monoisotopic (exact) mass is 310 g/mol. The molecule has 3 nitrogen and oxygen atoms in total. The number of benzene rings is 2. The number of nitrogens with zero attached hydrogens (tertiary/aromatic N) is 1. The van der Waals surface area contributed by atoms with Gasteiger partial charge in [0.15, 0.2) is 0 Å². The van der Waals surface area contributed by atoms with Gasteiger partial charge in [-0.15, -0.1) is 11.3 Å². The highest BCUT2D eigenvalue weighted by atomic mass is 32.1. The Bertz CT molecular complexity index is 818. The molecule has 2 aromatic carbocycles. The summed E-state index contributed by atoms with van der Waals surface area (Å²) in [5, 5.41) is 6.35. The summed E-state index contributed by atoms with van der Waals surface area (Å²) in [6.45, 7) is 4.52. The number of rotatable bonds is 4. The Kier molecular flexibility index (Phi) is 4.20. The second kappa shape index (κ2) is 6.28. The van der Waals surface area contributed by atoms with Crippen LogP contribution in [0.15, 0.2) is 42.5 Å². The summed E-state index contributed by atoms with van der Waals surface area (Å²) in [6, 6.07) is 14.2. The van der Waals surface area contributed by atoms with E-state index in [4.69, 9.17) is 0 Å². The first-order valence-corrected chi connectivity index (χ1v) is 8.11. The molecule has 1 aromatic heterocycles. The van der Waals surface area contributed by atoms with Gasteiger partial charge in [0.25, 0.3) is 0 Å². The first-order valence-electron chi connectivity index (χ1n) is 7.30. The van der Waals surface area contributed by atoms with Crippen LogP contribution in [0.3, 0.4) is 0 Å². The van der Waals surface area contributed by atoms with Crippen LogP contribution in [0.4, 0.5) is 0 Å². The summed E-state index contributed by atoms with van der Waals surface area (Å²) in [5.41, 5.74) is 2.07. The van der Waals surface area contributed by atoms with E-state index in [-0.39, 0.29) is 5.91 Å². The van der Waals surface area contributed by atoms with Gasteiger partial charge in [-0.25, -0.2) is 4.98 Å². The van der Waals surface area contributed by atoms with Gasteiger partial charge < -0.3 is 5.32 Å². The smallest absolute Gasteiger partial charge is 0.224 e. The maximum absolute atomic E-state index is 12.2. The molecule has 0 aliphatic heterocycles. The molecule has 1 N–H and O–H groups in total. The van der Waals surface area contributed by atoms with E-state index in [9.17, 15) is 4.79 Å². The van der Waals surface area contributed by atoms with E-state index >= 15 is 0 Å². The van der Waals surface area contributed by atoms with Crippen LogP contribution in [0.5, 0.6) is 0 Å². The number of amides is 1. The van der Waals surface area contributed by atoms with Gasteiger partial charge in [0.2, 0.25) is 5.91 Å². The molecule has 4 heteroatoms. The van der Waals surface area contributed by atoms with Crippen LogP contribution in [0.2, 0.25) is 0 Å². The Labute approximate surface area is 134 Å². The fraction of sp³-hybridized carbons (Fsp3) is 0.222. The van der Waals surface area contributed by atoms with E-state index < -0.39 is 0 Å². The minimum absolute atomic E-state index is 0.0433. The SMILES string of the molecule is Cc1nc(C)c(CNC(=O)Cc2cccc3ccccc23)s1. The average Bonchev–Trinajstić information content (AvgIpc) is 2.83. The normalized spacial score (nSPS) is 10.8. The van der Waals surface area contributed by atoms with Crippen molar-refractivity contribution in [2.45, 2.75) is 26.8 Å². The Hall–Kier alpha value is -2.20. The van der Waals surface area contributed by atoms with Crippen LogP contribution in [0, 0.1) is 13.8 Å². The molecule has 0 fully saturated rings. The van der Waals surface area contributed by atoms with Crippen LogP contribution < -0.4 is 5.32 Å². The lowest BCUT2D eigenvalue weighted by molar-refractivity contribution is -0.120. The summed E-state index contributed by atoms with van der Waals surface area (Å²) < 4.78 is 0. The maximum atomic E-state index is 12.2. The number of fused-ring (bicyclic) bond motifs is 1. The Morgan fingerprint density at radius 1 is 1.14 bits per heavy atom. The van der Waals surface area contributed by atoms with Crippen LogP contribution in [-0.2, 0) is 17.8 Å². The van der Waals surface area contributed by atoms with Gasteiger partial charge in [-0.2, -0.15) is 0 Å². The molecule has 0 saturated carbocycles. The highest BCUT2D eigenvalue weighted by Crippen LogP contribution is 2.19. The van der Waals surface area contributed by atoms with Gasteiger partial charge in [0.1, 0.15) is 0 Å². The van der Waals surface area contributed by atoms with Crippen molar-refractivity contribution in [1.29, 1.82) is 0 Å². The molecule has 22 heavy (non-hydrogen) atoms. The Morgan fingerprint density at radius 2 is 1.91 bits per heavy atom. The molecule has 0 radical (unpaired) electrons. The van der Waals surface area contributed by atoms with Crippen LogP contribution in [-0.4, -0.2) is 10.9 Å². The first kappa shape index (κ1) is 14.7. The minimum atomic E-state index is 0.0433. The highest BCUT2D eigenvalue weighted by molar-refractivity contribution is 7.11. The zero-order valence-electron chi connectivity index (χ0n) is 12.7. The van der Waals surface area contributed by atoms with Crippen molar-refractivity contribution >= 4 is 28.0 Å². The van der Waals surface area contributed by atoms with Gasteiger partial charge in [-0.05, 0) is 30.2 Å². The van der Waals surface area contributed by atoms with Gasteiger partial charge >= 0.3 is 0 Å². The number of aryl methyl sites for hydroxylation is 2. The maximum Gasteiger partial charge on any atom is 0.224 e. The highest BCUT2D eigenvalue weighted by Gasteiger charge is 2.09. The van der Waals surface area contributed by atoms with Crippen LogP contribution >= 0.6 is 11.3 Å². The standard InChI is InChI=1S/C18H18N2OS/c1-12-17(22-13(2)20-12)11-19-18(21)10-15-8-5-7-14-6-3-4-9-16(14)15/h3-9H,10-11H2,1-2H3,(H,19,21). The molecule has 3 aromatic rings. The molecule has 112 valence electrons. The molecule has 1 amide bonds. The van der Waals surface area contributed by atoms with Gasteiger partial charge in [0.05, 0.1) is 23.7 Å². The second-order valence-electron chi connectivity index (χ2n) is 5.33. The molecule has 0 bridgehead atoms. The Balaban J connectivity index is 1.70. The third kappa shape index (κ3) is 3.17. The van der Waals surface area contributed by atoms with Crippen molar-refractivity contribution in [3.05, 3.63) is 63.6 Å². The summed E-state index contributed by atoms with van der Waals surface area (Å²) in [6.07, 6.45) is 0.401. The van der Waals surface area contributed by atoms with Gasteiger partial charge in [-0.3, -0.25) is 4.79 Å². The molecule has 0 saturated heterocycles. The zero-order valence-corrected chi connectivity index (χ0v) is 13.5. The number of aromatic nitrogens is 1. The van der Waals surface area contributed by atoms with Gasteiger partial charge in [-0.1, -0.05) is 42.5 Å². The third-order valence-electron chi connectivity index (χ3n) is 3.68. The number of carbonyl (C=O) groups is 1. The Morgan fingerprint density at radius 3 is 2.68 bits per heavy atom. The fourth-order valence-electron chi connectivity index (χ4n) is 2.60. The second-order valence-corrected chi connectivity index (χ2v) is 6.62. The molecule has 0 spiro atoms. The molecular weight excluding hydrogens is 292 g/mol. The third-order valence-corrected chi connectivity index (χ3v) is 4.75. The fourth-order valence-corrected chi connectivity index (χ4v) is 3.48. The number of carbonyl (C=O) groups excluding carboxylic acids is 1. The molecule has 0 aliphatic rings. The lowest BCUT2D eigenvalue weighted by atomic mass is 10.0. The lowest BCUT2D eigenvalue weighted by Crippen LogP contribution is -2.24. The average molecular weight is 310 g/mol. The van der Waals surface area contributed by atoms with E-state index in [2.05, 4.69) is 28.5 Å². The van der Waals surface area contributed by atoms with Crippen LogP contribution in [0.1, 0.15) is 21.1 Å². The topological polar surface area (TPSA) is 42.0 Å². The largest absolute Gasteiger partial charge is 0.351 e. The number of hydrogen-bond acceptors (Lipinski definition) is 3. The van der Waals surface area contributed by atoms with E-state index in [0.717, 1.165) is 26.5 Å². The molecule has 3 rings (SSSR count). The molecule has 0 unspecified atom stereocenters. The summed E-state index contributed by atoms with van der Waals surface area (Å²) in [7, 11) is 0. The number of nitrogens with one attached hydrogen (secondary N) is 1. The van der Waals surface area contributed by atoms with Crippen molar-refractivity contribution in [1.82, 2.24) is 10.3 Å². The van der Waals surface area contributed by atoms with Crippen molar-refractivity contribution in [3.8, 4) is 0 Å². The zero-order chi connectivity index (χ0) is 15.5. The van der Waals surface area contributed by atoms with E-state index in [0.29, 0.717) is 13.0 Å². The van der Waals surface area contributed by atoms with E-state index in [1.54, 1.807) is 11.3 Å². The predicted molar refractivity (Wildman–Crippen MR) is 91.1 cm³/mol. The summed E-state index contributed by atoms with van der Waals surface area (Å²) in [4.78, 5) is 17.7. The van der Waals surface area contributed by atoms with Crippen LogP contribution in [0.25, 0.3) is 10.8 Å². The summed E-state index contributed by atoms with van der Waals surface area (Å²) in [5.74, 6) is 0.0433. The van der Waals surface area contributed by atoms with Crippen molar-refractivity contribution in [3.63, 3.8) is 0 Å². The van der Waals surface area contributed by atoms with E-state index in [1.807, 2.05) is 38.1 Å². The van der Waals surface area contributed by atoms with Crippen molar-refractivity contribution in [2.75, 3.05) is 0 Å². The number of hydrogen-bond donors (Lipinski definition) is 1. The molecular formula is C18H18N2OS. The quantitative estimate of drug-likeness (QED) is 0.797. The van der Waals surface area contributed by atoms with Gasteiger partial charge in [0, 0.05) is 4.88 Å². The summed E-state index contributed by atoms with van der Waals surface area (Å²) >= 11 is 1.64.